The lowest BCUT2D eigenvalue weighted by Gasteiger charge is -2.22. The van der Waals surface area contributed by atoms with Crippen molar-refractivity contribution in [3.05, 3.63) is 111 Å². The average molecular weight is 600 g/mol. The molecule has 0 saturated carbocycles. The van der Waals surface area contributed by atoms with Crippen molar-refractivity contribution < 1.29 is 4.74 Å². The second-order valence-electron chi connectivity index (χ2n) is 11.4. The number of anilines is 2. The summed E-state index contributed by atoms with van der Waals surface area (Å²) in [5, 5.41) is 3.27. The molecule has 10 nitrogen and oxygen atoms in total. The molecule has 0 spiro atoms. The first-order chi connectivity index (χ1) is 22.0. The number of rotatable bonds is 8. The largest absolute Gasteiger partial charge is 0.491 e. The van der Waals surface area contributed by atoms with Crippen LogP contribution in [0.25, 0.3) is 39.5 Å². The minimum Gasteiger partial charge on any atom is -0.491 e. The Hall–Kier alpha value is -5.35. The fourth-order valence-electron chi connectivity index (χ4n) is 6.13. The van der Waals surface area contributed by atoms with Gasteiger partial charge in [-0.15, -0.1) is 0 Å². The van der Waals surface area contributed by atoms with E-state index in [1.807, 2.05) is 54.6 Å². The topological polar surface area (TPSA) is 128 Å². The Morgan fingerprint density at radius 1 is 0.911 bits per heavy atom. The Labute approximate surface area is 259 Å². The van der Waals surface area contributed by atoms with Gasteiger partial charge in [-0.2, -0.15) is 0 Å². The lowest BCUT2D eigenvalue weighted by atomic mass is 10.1. The molecule has 0 radical (unpaired) electrons. The predicted octanol–water partition coefficient (Wildman–Crippen LogP) is 4.80. The van der Waals surface area contributed by atoms with Gasteiger partial charge >= 0.3 is 0 Å². The van der Waals surface area contributed by atoms with Crippen LogP contribution < -0.4 is 26.6 Å². The maximum absolute atomic E-state index is 12.0. The summed E-state index contributed by atoms with van der Waals surface area (Å²) in [7, 11) is 1.42. The minimum absolute atomic E-state index is 0.121. The van der Waals surface area contributed by atoms with Gasteiger partial charge in [0.1, 0.15) is 17.0 Å². The molecule has 1 atom stereocenters. The second-order valence-corrected chi connectivity index (χ2v) is 11.4. The monoisotopic (exact) mass is 599 g/mol. The number of imidazole rings is 1. The highest BCUT2D eigenvalue weighted by Gasteiger charge is 2.26. The normalized spacial score (nSPS) is 15.7. The van der Waals surface area contributed by atoms with E-state index in [2.05, 4.69) is 44.0 Å². The van der Waals surface area contributed by atoms with Crippen LogP contribution in [0.4, 0.5) is 11.5 Å². The Kier molecular flexibility index (Phi) is 7.56. The molecule has 6 aromatic rings. The summed E-state index contributed by atoms with van der Waals surface area (Å²) in [5.41, 5.74) is 11.9. The molecule has 1 unspecified atom stereocenters. The van der Waals surface area contributed by atoms with E-state index in [1.165, 1.54) is 12.7 Å². The van der Waals surface area contributed by atoms with Crippen molar-refractivity contribution in [2.75, 3.05) is 31.2 Å². The molecule has 4 heterocycles. The fraction of sp³-hybridized carbons (Fsp3) is 0.229. The summed E-state index contributed by atoms with van der Waals surface area (Å²) in [5.74, 6) is 1.24. The highest BCUT2D eigenvalue weighted by molar-refractivity contribution is 5.84. The predicted molar refractivity (Wildman–Crippen MR) is 176 cm³/mol. The summed E-state index contributed by atoms with van der Waals surface area (Å²) < 4.78 is 7.15. The molecule has 1 saturated heterocycles. The number of nitrogens with zero attached hydrogens (tertiary/aromatic N) is 5. The average Bonchev–Trinajstić information content (AvgIpc) is 3.31. The Morgan fingerprint density at radius 2 is 1.73 bits per heavy atom. The SMILES string of the molecule is COc1c(NC2CCCN(Cc3ccc(-n4c(-c5cccnc5N)nc5ccc(-c6ccccc6)nc54)cc3)CC2)c(=O)c1=O. The van der Waals surface area contributed by atoms with Gasteiger partial charge in [0.15, 0.2) is 17.2 Å². The number of hydrogen-bond acceptors (Lipinski definition) is 9. The van der Waals surface area contributed by atoms with Gasteiger partial charge in [0.2, 0.25) is 0 Å². The van der Waals surface area contributed by atoms with Crippen LogP contribution in [0.15, 0.2) is 94.6 Å². The van der Waals surface area contributed by atoms with E-state index in [9.17, 15) is 9.59 Å². The summed E-state index contributed by atoms with van der Waals surface area (Å²) >= 11 is 0. The van der Waals surface area contributed by atoms with E-state index in [1.54, 1.807) is 6.20 Å². The molecule has 226 valence electrons. The molecule has 3 aromatic carbocycles. The molecular weight excluding hydrogens is 566 g/mol. The third kappa shape index (κ3) is 5.44. The van der Waals surface area contributed by atoms with E-state index < -0.39 is 10.9 Å². The summed E-state index contributed by atoms with van der Waals surface area (Å²) in [6, 6.07) is 26.5. The number of nitrogen functional groups attached to an aromatic ring is 1. The van der Waals surface area contributed by atoms with Crippen molar-refractivity contribution in [3.8, 4) is 34.1 Å². The van der Waals surface area contributed by atoms with Gasteiger partial charge in [-0.3, -0.25) is 19.1 Å². The van der Waals surface area contributed by atoms with Crippen molar-refractivity contribution in [1.29, 1.82) is 0 Å². The number of methoxy groups -OCH3 is 1. The molecule has 0 bridgehead atoms. The number of nitrogens with one attached hydrogen (secondary N) is 1. The smallest absolute Gasteiger partial charge is 0.271 e. The number of likely N-dealkylation sites (tertiary alicyclic amines) is 1. The molecule has 45 heavy (non-hydrogen) atoms. The van der Waals surface area contributed by atoms with Gasteiger partial charge in [0.05, 0.1) is 18.4 Å². The third-order valence-corrected chi connectivity index (χ3v) is 8.49. The molecule has 1 fully saturated rings. The first kappa shape index (κ1) is 28.4. The van der Waals surface area contributed by atoms with Crippen LogP contribution in [0, 0.1) is 0 Å². The lowest BCUT2D eigenvalue weighted by molar-refractivity contribution is 0.276. The van der Waals surface area contributed by atoms with Crippen molar-refractivity contribution in [3.63, 3.8) is 0 Å². The van der Waals surface area contributed by atoms with E-state index in [4.69, 9.17) is 20.4 Å². The Bertz CT molecular complexity index is 2050. The molecule has 1 aliphatic heterocycles. The van der Waals surface area contributed by atoms with Crippen molar-refractivity contribution in [2.45, 2.75) is 31.8 Å². The van der Waals surface area contributed by atoms with Crippen molar-refractivity contribution >= 4 is 22.7 Å². The van der Waals surface area contributed by atoms with Crippen LogP contribution in [0.5, 0.6) is 5.75 Å². The molecule has 0 amide bonds. The summed E-state index contributed by atoms with van der Waals surface area (Å²) in [6.45, 7) is 2.63. The second kappa shape index (κ2) is 12.0. The standard InChI is InChI=1S/C35H33N7O3/c1-45-32-29(30(43)31(32)44)38-24-9-6-19-41(20-17-24)21-22-11-13-25(14-12-22)42-34(26-10-5-18-37-33(26)36)40-28-16-15-27(39-35(28)42)23-7-3-2-4-8-23/h2-5,7-8,10-16,18,24,38H,6,9,17,19-21H2,1H3,(H2,36,37). The summed E-state index contributed by atoms with van der Waals surface area (Å²) in [6.07, 6.45) is 4.45. The highest BCUT2D eigenvalue weighted by Crippen LogP contribution is 2.32. The van der Waals surface area contributed by atoms with E-state index in [-0.39, 0.29) is 11.8 Å². The number of hydrogen-bond donors (Lipinski definition) is 2. The zero-order chi connectivity index (χ0) is 30.9. The number of ether oxygens (including phenoxy) is 1. The number of aromatic nitrogens is 4. The minimum atomic E-state index is -0.550. The van der Waals surface area contributed by atoms with Crippen molar-refractivity contribution in [1.82, 2.24) is 24.4 Å². The maximum Gasteiger partial charge on any atom is 0.271 e. The van der Waals surface area contributed by atoms with Gasteiger partial charge in [-0.25, -0.2) is 15.0 Å². The van der Waals surface area contributed by atoms with Gasteiger partial charge < -0.3 is 15.8 Å². The van der Waals surface area contributed by atoms with Crippen LogP contribution in [0.3, 0.4) is 0 Å². The quantitative estimate of drug-likeness (QED) is 0.237. The number of pyridine rings is 2. The maximum atomic E-state index is 12.0. The highest BCUT2D eigenvalue weighted by atomic mass is 16.5. The lowest BCUT2D eigenvalue weighted by Crippen LogP contribution is -2.38. The van der Waals surface area contributed by atoms with Crippen LogP contribution in [0.1, 0.15) is 24.8 Å². The zero-order valence-corrected chi connectivity index (χ0v) is 24.9. The molecule has 1 aliphatic rings. The first-order valence-electron chi connectivity index (χ1n) is 15.1. The van der Waals surface area contributed by atoms with E-state index in [0.717, 1.165) is 72.6 Å². The Morgan fingerprint density at radius 3 is 2.51 bits per heavy atom. The molecule has 10 heteroatoms. The van der Waals surface area contributed by atoms with Crippen LogP contribution in [-0.2, 0) is 6.54 Å². The molecule has 3 N–H and O–H groups in total. The fourth-order valence-corrected chi connectivity index (χ4v) is 6.13. The molecular formula is C35H33N7O3. The number of fused-ring (bicyclic) bond motifs is 1. The molecule has 7 rings (SSSR count). The van der Waals surface area contributed by atoms with E-state index >= 15 is 0 Å². The Balaban J connectivity index is 1.14. The first-order valence-corrected chi connectivity index (χ1v) is 15.1. The molecule has 3 aromatic heterocycles. The van der Waals surface area contributed by atoms with Crippen LogP contribution in [0.2, 0.25) is 0 Å². The zero-order valence-electron chi connectivity index (χ0n) is 24.9. The van der Waals surface area contributed by atoms with Crippen LogP contribution >= 0.6 is 0 Å². The van der Waals surface area contributed by atoms with Crippen molar-refractivity contribution in [2.24, 2.45) is 0 Å². The van der Waals surface area contributed by atoms with Gasteiger partial charge in [0.25, 0.3) is 10.9 Å². The van der Waals surface area contributed by atoms with E-state index in [0.29, 0.717) is 17.3 Å². The van der Waals surface area contributed by atoms with Gasteiger partial charge in [-0.05, 0) is 67.8 Å². The number of nitrogens with two attached hydrogens (primary N) is 1. The van der Waals surface area contributed by atoms with Crippen LogP contribution in [-0.4, -0.2) is 50.7 Å². The van der Waals surface area contributed by atoms with Gasteiger partial charge in [0, 0.05) is 36.6 Å². The van der Waals surface area contributed by atoms with Gasteiger partial charge in [-0.1, -0.05) is 42.5 Å². The summed E-state index contributed by atoms with van der Waals surface area (Å²) in [4.78, 5) is 40.5. The number of benzene rings is 2. The molecule has 0 aliphatic carbocycles. The third-order valence-electron chi connectivity index (χ3n) is 8.49.